The summed E-state index contributed by atoms with van der Waals surface area (Å²) in [4.78, 5) is 11.5. The average molecular weight is 220 g/mol. The second kappa shape index (κ2) is 4.89. The Morgan fingerprint density at radius 2 is 2.07 bits per heavy atom. The quantitative estimate of drug-likeness (QED) is 0.528. The molecule has 4 nitrogen and oxygen atoms in total. The van der Waals surface area contributed by atoms with Gasteiger partial charge in [-0.05, 0) is 12.8 Å². The maximum absolute atomic E-state index is 11.5. The molecular weight excluding hydrogens is 204 g/mol. The van der Waals surface area contributed by atoms with E-state index in [-0.39, 0.29) is 18.3 Å². The van der Waals surface area contributed by atoms with Crippen LogP contribution in [0.1, 0.15) is 32.1 Å². The summed E-state index contributed by atoms with van der Waals surface area (Å²) in [6.45, 7) is 0.0255. The molecule has 0 heterocycles. The fourth-order valence-electron chi connectivity index (χ4n) is 1.61. The molecule has 1 aliphatic rings. The normalized spacial score (nSPS) is 24.6. The summed E-state index contributed by atoms with van der Waals surface area (Å²) >= 11 is 0. The lowest BCUT2D eigenvalue weighted by molar-refractivity contribution is -0.123. The fourth-order valence-corrected chi connectivity index (χ4v) is 2.03. The van der Waals surface area contributed by atoms with Crippen LogP contribution in [-0.2, 0) is 19.1 Å². The fraction of sp³-hybridized carbons (Fsp3) is 0.889. The van der Waals surface area contributed by atoms with Crippen LogP contribution < -0.4 is 0 Å². The van der Waals surface area contributed by atoms with Crippen molar-refractivity contribution in [1.82, 2.24) is 0 Å². The minimum Gasteiger partial charge on any atom is -0.299 e. The zero-order valence-corrected chi connectivity index (χ0v) is 9.18. The topological polar surface area (TPSA) is 60.4 Å². The van der Waals surface area contributed by atoms with Gasteiger partial charge in [-0.25, -0.2) is 0 Å². The summed E-state index contributed by atoms with van der Waals surface area (Å²) in [5.41, 5.74) is 0. The van der Waals surface area contributed by atoms with E-state index in [4.69, 9.17) is 0 Å². The van der Waals surface area contributed by atoms with Crippen molar-refractivity contribution in [3.63, 3.8) is 0 Å². The Bertz CT molecular complexity index is 294. The number of ketones is 1. The van der Waals surface area contributed by atoms with Gasteiger partial charge < -0.3 is 0 Å². The lowest BCUT2D eigenvalue weighted by Crippen LogP contribution is -2.20. The predicted molar refractivity (Wildman–Crippen MR) is 52.4 cm³/mol. The molecule has 82 valence electrons. The van der Waals surface area contributed by atoms with Crippen LogP contribution in [0.25, 0.3) is 0 Å². The van der Waals surface area contributed by atoms with Crippen LogP contribution in [0.15, 0.2) is 0 Å². The minimum atomic E-state index is -3.41. The van der Waals surface area contributed by atoms with Crippen molar-refractivity contribution < 1.29 is 17.4 Å². The van der Waals surface area contributed by atoms with Gasteiger partial charge in [-0.1, -0.05) is 12.8 Å². The molecule has 0 aliphatic heterocycles. The number of hydrogen-bond donors (Lipinski definition) is 0. The van der Waals surface area contributed by atoms with Gasteiger partial charge in [0.25, 0.3) is 10.1 Å². The first-order valence-corrected chi connectivity index (χ1v) is 6.68. The smallest absolute Gasteiger partial charge is 0.264 e. The highest BCUT2D eigenvalue weighted by molar-refractivity contribution is 7.85. The second-order valence-corrected chi connectivity index (χ2v) is 5.40. The van der Waals surface area contributed by atoms with Gasteiger partial charge >= 0.3 is 0 Å². The van der Waals surface area contributed by atoms with E-state index in [2.05, 4.69) is 4.18 Å². The summed E-state index contributed by atoms with van der Waals surface area (Å²) < 4.78 is 26.1. The van der Waals surface area contributed by atoms with E-state index in [0.29, 0.717) is 6.42 Å². The number of Topliss-reactive ketones (excluding diaryl/α,β-unsaturated/α-hetero) is 1. The van der Waals surface area contributed by atoms with Crippen LogP contribution in [0.3, 0.4) is 0 Å². The second-order valence-electron chi connectivity index (χ2n) is 3.75. The van der Waals surface area contributed by atoms with E-state index in [9.17, 15) is 13.2 Å². The highest BCUT2D eigenvalue weighted by atomic mass is 32.2. The van der Waals surface area contributed by atoms with Gasteiger partial charge in [-0.3, -0.25) is 8.98 Å². The molecule has 0 aromatic carbocycles. The Hall–Kier alpha value is -0.420. The van der Waals surface area contributed by atoms with Crippen molar-refractivity contribution in [2.75, 3.05) is 12.9 Å². The molecule has 0 aromatic rings. The van der Waals surface area contributed by atoms with E-state index < -0.39 is 10.1 Å². The van der Waals surface area contributed by atoms with Gasteiger partial charge in [0.05, 0.1) is 12.9 Å². The van der Waals surface area contributed by atoms with Crippen LogP contribution in [0, 0.1) is 5.92 Å². The third-order valence-electron chi connectivity index (χ3n) is 2.41. The number of rotatable bonds is 3. The summed E-state index contributed by atoms with van der Waals surface area (Å²) in [5, 5.41) is 0. The Kier molecular flexibility index (Phi) is 4.07. The first-order chi connectivity index (χ1) is 6.49. The van der Waals surface area contributed by atoms with Crippen LogP contribution in [0.4, 0.5) is 0 Å². The van der Waals surface area contributed by atoms with Gasteiger partial charge in [-0.15, -0.1) is 0 Å². The molecule has 0 amide bonds. The van der Waals surface area contributed by atoms with Crippen molar-refractivity contribution in [3.8, 4) is 0 Å². The first-order valence-electron chi connectivity index (χ1n) is 4.86. The van der Waals surface area contributed by atoms with Crippen LogP contribution in [0.2, 0.25) is 0 Å². The van der Waals surface area contributed by atoms with Crippen LogP contribution in [-0.4, -0.2) is 27.1 Å². The zero-order valence-electron chi connectivity index (χ0n) is 8.36. The Morgan fingerprint density at radius 3 is 2.71 bits per heavy atom. The Balaban J connectivity index is 2.45. The summed E-state index contributed by atoms with van der Waals surface area (Å²) in [7, 11) is -3.41. The molecule has 1 rings (SSSR count). The van der Waals surface area contributed by atoms with Gasteiger partial charge in [0, 0.05) is 12.3 Å². The molecule has 0 spiro atoms. The highest BCUT2D eigenvalue weighted by Crippen LogP contribution is 2.20. The molecule has 0 aromatic heterocycles. The Labute approximate surface area is 84.8 Å². The van der Waals surface area contributed by atoms with Gasteiger partial charge in [0.1, 0.15) is 5.78 Å². The molecule has 5 heteroatoms. The molecule has 1 fully saturated rings. The SMILES string of the molecule is CS(=O)(=O)OCC1CCCCCC1=O. The molecule has 0 N–H and O–H groups in total. The van der Waals surface area contributed by atoms with E-state index in [0.717, 1.165) is 31.9 Å². The summed E-state index contributed by atoms with van der Waals surface area (Å²) in [6, 6.07) is 0. The van der Waals surface area contributed by atoms with Crippen LogP contribution >= 0.6 is 0 Å². The monoisotopic (exact) mass is 220 g/mol. The van der Waals surface area contributed by atoms with Crippen molar-refractivity contribution in [3.05, 3.63) is 0 Å². The van der Waals surface area contributed by atoms with E-state index in [1.54, 1.807) is 0 Å². The minimum absolute atomic E-state index is 0.0255. The van der Waals surface area contributed by atoms with Crippen molar-refractivity contribution in [2.24, 2.45) is 5.92 Å². The molecule has 0 saturated heterocycles. The van der Waals surface area contributed by atoms with Gasteiger partial charge in [0.2, 0.25) is 0 Å². The maximum Gasteiger partial charge on any atom is 0.264 e. The molecule has 1 atom stereocenters. The molecule has 14 heavy (non-hydrogen) atoms. The third-order valence-corrected chi connectivity index (χ3v) is 2.98. The molecule has 0 bridgehead atoms. The van der Waals surface area contributed by atoms with Crippen molar-refractivity contribution in [1.29, 1.82) is 0 Å². The summed E-state index contributed by atoms with van der Waals surface area (Å²) in [6.07, 6.45) is 5.30. The van der Waals surface area contributed by atoms with Crippen molar-refractivity contribution >= 4 is 15.9 Å². The molecular formula is C9H16O4S. The van der Waals surface area contributed by atoms with E-state index in [1.165, 1.54) is 0 Å². The molecule has 0 radical (unpaired) electrons. The lowest BCUT2D eigenvalue weighted by Gasteiger charge is -2.11. The molecule has 1 aliphatic carbocycles. The van der Waals surface area contributed by atoms with E-state index in [1.807, 2.05) is 0 Å². The number of hydrogen-bond acceptors (Lipinski definition) is 4. The maximum atomic E-state index is 11.5. The number of carbonyl (C=O) groups is 1. The average Bonchev–Trinajstić information content (AvgIpc) is 2.25. The van der Waals surface area contributed by atoms with E-state index >= 15 is 0 Å². The van der Waals surface area contributed by atoms with Crippen LogP contribution in [0.5, 0.6) is 0 Å². The predicted octanol–water partition coefficient (Wildman–Crippen LogP) is 1.11. The van der Waals surface area contributed by atoms with Gasteiger partial charge in [-0.2, -0.15) is 8.42 Å². The highest BCUT2D eigenvalue weighted by Gasteiger charge is 2.22. The van der Waals surface area contributed by atoms with Gasteiger partial charge in [0.15, 0.2) is 0 Å². The molecule has 1 unspecified atom stereocenters. The largest absolute Gasteiger partial charge is 0.299 e. The third kappa shape index (κ3) is 4.19. The molecule has 1 saturated carbocycles. The Morgan fingerprint density at radius 1 is 1.36 bits per heavy atom. The standard InChI is InChI=1S/C9H16O4S/c1-14(11,12)13-7-8-5-3-2-4-6-9(8)10/h8H,2-7H2,1H3. The summed E-state index contributed by atoms with van der Waals surface area (Å²) in [5.74, 6) is -0.0709. The van der Waals surface area contributed by atoms with Crippen molar-refractivity contribution in [2.45, 2.75) is 32.1 Å². The number of carbonyl (C=O) groups excluding carboxylic acids is 1. The first kappa shape index (κ1) is 11.7. The lowest BCUT2D eigenvalue weighted by atomic mass is 10.0. The zero-order chi connectivity index (χ0) is 10.6.